The van der Waals surface area contributed by atoms with Gasteiger partial charge in [-0.1, -0.05) is 34.1 Å². The SMILES string of the molecule is COc1ccc(C2=Nc3cccnc3N(CC(=O)NCc3ccccc3Br)C(=O)C2)cc1. The fraction of sp³-hybridized carbons (Fsp3) is 0.167. The molecule has 162 valence electrons. The van der Waals surface area contributed by atoms with E-state index in [1.165, 1.54) is 4.90 Å². The van der Waals surface area contributed by atoms with E-state index in [-0.39, 0.29) is 24.8 Å². The molecular formula is C24H21BrN4O3. The number of carbonyl (C=O) groups is 2. The summed E-state index contributed by atoms with van der Waals surface area (Å²) in [6.07, 6.45) is 1.65. The van der Waals surface area contributed by atoms with Crippen LogP contribution in [0.25, 0.3) is 0 Å². The zero-order chi connectivity index (χ0) is 22.5. The molecule has 2 aromatic carbocycles. The molecule has 0 spiro atoms. The van der Waals surface area contributed by atoms with Crippen LogP contribution in [0.4, 0.5) is 11.5 Å². The molecule has 0 unspecified atom stereocenters. The van der Waals surface area contributed by atoms with Gasteiger partial charge in [-0.15, -0.1) is 0 Å². The third kappa shape index (κ3) is 4.86. The van der Waals surface area contributed by atoms with Gasteiger partial charge >= 0.3 is 0 Å². The zero-order valence-electron chi connectivity index (χ0n) is 17.4. The van der Waals surface area contributed by atoms with Crippen LogP contribution in [0.2, 0.25) is 0 Å². The fourth-order valence-electron chi connectivity index (χ4n) is 3.37. The number of pyridine rings is 1. The molecule has 0 saturated carbocycles. The van der Waals surface area contributed by atoms with E-state index >= 15 is 0 Å². The van der Waals surface area contributed by atoms with Crippen LogP contribution in [0.3, 0.4) is 0 Å². The van der Waals surface area contributed by atoms with E-state index in [4.69, 9.17) is 9.73 Å². The monoisotopic (exact) mass is 492 g/mol. The molecule has 3 aromatic rings. The molecule has 0 bridgehead atoms. The molecule has 0 saturated heterocycles. The minimum Gasteiger partial charge on any atom is -0.497 e. The fourth-order valence-corrected chi connectivity index (χ4v) is 3.80. The van der Waals surface area contributed by atoms with Crippen LogP contribution in [-0.2, 0) is 16.1 Å². The highest BCUT2D eigenvalue weighted by atomic mass is 79.9. The molecule has 1 aliphatic rings. The zero-order valence-corrected chi connectivity index (χ0v) is 19.0. The Balaban J connectivity index is 1.54. The minimum absolute atomic E-state index is 0.0558. The van der Waals surface area contributed by atoms with Crippen molar-refractivity contribution in [2.75, 3.05) is 18.6 Å². The number of aliphatic imine (C=N–C) groups is 1. The molecule has 4 rings (SSSR count). The van der Waals surface area contributed by atoms with Crippen molar-refractivity contribution in [2.24, 2.45) is 4.99 Å². The molecular weight excluding hydrogens is 472 g/mol. The topological polar surface area (TPSA) is 83.9 Å². The van der Waals surface area contributed by atoms with Gasteiger partial charge in [0, 0.05) is 17.2 Å². The minimum atomic E-state index is -0.279. The first-order valence-corrected chi connectivity index (χ1v) is 10.8. The molecule has 2 amide bonds. The second-order valence-electron chi connectivity index (χ2n) is 7.16. The molecule has 2 heterocycles. The van der Waals surface area contributed by atoms with E-state index in [1.54, 1.807) is 25.4 Å². The average Bonchev–Trinajstić information content (AvgIpc) is 2.95. The number of hydrogen-bond acceptors (Lipinski definition) is 5. The van der Waals surface area contributed by atoms with Gasteiger partial charge in [-0.2, -0.15) is 0 Å². The summed E-state index contributed by atoms with van der Waals surface area (Å²) in [5.74, 6) is 0.573. The third-order valence-electron chi connectivity index (χ3n) is 5.06. The Kier molecular flexibility index (Phi) is 6.61. The van der Waals surface area contributed by atoms with Gasteiger partial charge in [0.1, 0.15) is 18.0 Å². The molecule has 1 aromatic heterocycles. The number of ether oxygens (including phenoxy) is 1. The van der Waals surface area contributed by atoms with E-state index in [2.05, 4.69) is 26.2 Å². The summed E-state index contributed by atoms with van der Waals surface area (Å²) < 4.78 is 6.12. The number of aromatic nitrogens is 1. The van der Waals surface area contributed by atoms with Crippen LogP contribution in [0.1, 0.15) is 17.5 Å². The maximum Gasteiger partial charge on any atom is 0.240 e. The standard InChI is InChI=1S/C24H21BrN4O3/c1-32-18-10-8-16(9-11-18)21-13-23(31)29(24-20(28-21)7-4-12-26-24)15-22(30)27-14-17-5-2-3-6-19(17)25/h2-12H,13-15H2,1H3,(H,27,30). The van der Waals surface area contributed by atoms with Gasteiger partial charge in [-0.3, -0.25) is 14.5 Å². The van der Waals surface area contributed by atoms with Crippen molar-refractivity contribution in [3.8, 4) is 5.75 Å². The lowest BCUT2D eigenvalue weighted by Crippen LogP contribution is -2.41. The predicted molar refractivity (Wildman–Crippen MR) is 126 cm³/mol. The van der Waals surface area contributed by atoms with Crippen LogP contribution >= 0.6 is 15.9 Å². The second kappa shape index (κ2) is 9.74. The predicted octanol–water partition coefficient (Wildman–Crippen LogP) is 4.03. The number of benzene rings is 2. The Morgan fingerprint density at radius 1 is 1.12 bits per heavy atom. The highest BCUT2D eigenvalue weighted by Gasteiger charge is 2.27. The van der Waals surface area contributed by atoms with Crippen LogP contribution in [0.15, 0.2) is 76.3 Å². The molecule has 32 heavy (non-hydrogen) atoms. The van der Waals surface area contributed by atoms with E-state index in [0.717, 1.165) is 21.3 Å². The molecule has 1 aliphatic heterocycles. The molecule has 0 atom stereocenters. The van der Waals surface area contributed by atoms with Gasteiger partial charge in [0.05, 0.1) is 19.2 Å². The number of nitrogens with zero attached hydrogens (tertiary/aromatic N) is 3. The first-order chi connectivity index (χ1) is 15.5. The number of fused-ring (bicyclic) bond motifs is 1. The number of nitrogens with one attached hydrogen (secondary N) is 1. The molecule has 8 heteroatoms. The van der Waals surface area contributed by atoms with E-state index in [0.29, 0.717) is 23.8 Å². The smallest absolute Gasteiger partial charge is 0.240 e. The molecule has 0 aliphatic carbocycles. The molecule has 1 N–H and O–H groups in total. The van der Waals surface area contributed by atoms with Crippen molar-refractivity contribution >= 4 is 45.0 Å². The van der Waals surface area contributed by atoms with Crippen molar-refractivity contribution in [3.63, 3.8) is 0 Å². The number of hydrogen-bond donors (Lipinski definition) is 1. The van der Waals surface area contributed by atoms with Gasteiger partial charge in [0.2, 0.25) is 11.8 Å². The number of methoxy groups -OCH3 is 1. The van der Waals surface area contributed by atoms with Gasteiger partial charge in [0.15, 0.2) is 5.82 Å². The average molecular weight is 493 g/mol. The summed E-state index contributed by atoms with van der Waals surface area (Å²) >= 11 is 3.48. The van der Waals surface area contributed by atoms with Gasteiger partial charge in [-0.05, 0) is 53.6 Å². The Morgan fingerprint density at radius 3 is 2.66 bits per heavy atom. The number of carbonyl (C=O) groups excluding carboxylic acids is 2. The first kappa shape index (κ1) is 21.7. The lowest BCUT2D eigenvalue weighted by atomic mass is 10.1. The van der Waals surface area contributed by atoms with Gasteiger partial charge in [0.25, 0.3) is 0 Å². The molecule has 7 nitrogen and oxygen atoms in total. The number of anilines is 1. The molecule has 0 fully saturated rings. The Bertz CT molecular complexity index is 1180. The number of halogens is 1. The van der Waals surface area contributed by atoms with Gasteiger partial charge in [-0.25, -0.2) is 9.98 Å². The highest BCUT2D eigenvalue weighted by Crippen LogP contribution is 2.31. The third-order valence-corrected chi connectivity index (χ3v) is 5.83. The van der Waals surface area contributed by atoms with E-state index in [1.807, 2.05) is 48.5 Å². The Morgan fingerprint density at radius 2 is 1.91 bits per heavy atom. The maximum absolute atomic E-state index is 13.1. The van der Waals surface area contributed by atoms with Crippen LogP contribution in [-0.4, -0.2) is 36.2 Å². The van der Waals surface area contributed by atoms with Crippen LogP contribution in [0, 0.1) is 0 Å². The normalized spacial score (nSPS) is 13.1. The van der Waals surface area contributed by atoms with Crippen LogP contribution < -0.4 is 15.0 Å². The number of rotatable bonds is 6. The summed E-state index contributed by atoms with van der Waals surface area (Å²) in [5, 5.41) is 2.87. The first-order valence-electron chi connectivity index (χ1n) is 10.0. The largest absolute Gasteiger partial charge is 0.497 e. The number of amides is 2. The summed E-state index contributed by atoms with van der Waals surface area (Å²) in [5.41, 5.74) is 2.92. The lowest BCUT2D eigenvalue weighted by molar-refractivity contribution is -0.123. The van der Waals surface area contributed by atoms with Crippen molar-refractivity contribution in [3.05, 3.63) is 82.5 Å². The molecule has 0 radical (unpaired) electrons. The quantitative estimate of drug-likeness (QED) is 0.562. The van der Waals surface area contributed by atoms with Crippen LogP contribution in [0.5, 0.6) is 5.75 Å². The van der Waals surface area contributed by atoms with Gasteiger partial charge < -0.3 is 10.1 Å². The van der Waals surface area contributed by atoms with E-state index < -0.39 is 0 Å². The van der Waals surface area contributed by atoms with Crippen molar-refractivity contribution in [1.29, 1.82) is 0 Å². The van der Waals surface area contributed by atoms with Crippen molar-refractivity contribution in [1.82, 2.24) is 10.3 Å². The highest BCUT2D eigenvalue weighted by molar-refractivity contribution is 9.10. The maximum atomic E-state index is 13.1. The summed E-state index contributed by atoms with van der Waals surface area (Å²) in [4.78, 5) is 36.3. The second-order valence-corrected chi connectivity index (χ2v) is 8.01. The lowest BCUT2D eigenvalue weighted by Gasteiger charge is -2.20. The summed E-state index contributed by atoms with van der Waals surface area (Å²) in [6, 6.07) is 18.6. The van der Waals surface area contributed by atoms with E-state index in [9.17, 15) is 9.59 Å². The van der Waals surface area contributed by atoms with Crippen molar-refractivity contribution in [2.45, 2.75) is 13.0 Å². The van der Waals surface area contributed by atoms with Crippen molar-refractivity contribution < 1.29 is 14.3 Å². The summed E-state index contributed by atoms with van der Waals surface area (Å²) in [7, 11) is 1.60. The Labute approximate surface area is 194 Å². The summed E-state index contributed by atoms with van der Waals surface area (Å²) in [6.45, 7) is 0.212. The Hall–Kier alpha value is -3.52.